The largest absolute Gasteiger partial charge is 0.373 e. The maximum Gasteiger partial charge on any atom is 0.313 e. The van der Waals surface area contributed by atoms with Gasteiger partial charge in [0.15, 0.2) is 0 Å². The number of aryl methyl sites for hydroxylation is 2. The van der Waals surface area contributed by atoms with Crippen LogP contribution in [0.2, 0.25) is 0 Å². The van der Waals surface area contributed by atoms with Gasteiger partial charge in [-0.1, -0.05) is 0 Å². The lowest BCUT2D eigenvalue weighted by Gasteiger charge is -2.05. The van der Waals surface area contributed by atoms with Gasteiger partial charge in [0.1, 0.15) is 17.5 Å². The Morgan fingerprint density at radius 3 is 2.56 bits per heavy atom. The van der Waals surface area contributed by atoms with Gasteiger partial charge in [-0.3, -0.25) is 10.1 Å². The topological polar surface area (TPSA) is 98.8 Å². The van der Waals surface area contributed by atoms with E-state index in [-0.39, 0.29) is 11.5 Å². The van der Waals surface area contributed by atoms with Gasteiger partial charge in [0.25, 0.3) is 0 Å². The molecule has 8 heteroatoms. The second-order valence-corrected chi connectivity index (χ2v) is 3.66. The van der Waals surface area contributed by atoms with Crippen LogP contribution in [0.1, 0.15) is 11.6 Å². The van der Waals surface area contributed by atoms with Crippen molar-refractivity contribution in [2.24, 2.45) is 0 Å². The molecule has 0 aliphatic rings. The van der Waals surface area contributed by atoms with E-state index < -0.39 is 4.92 Å². The van der Waals surface area contributed by atoms with Gasteiger partial charge in [-0.05, 0) is 19.9 Å². The van der Waals surface area contributed by atoms with E-state index >= 15 is 0 Å². The lowest BCUT2D eigenvalue weighted by atomic mass is 10.3. The SMILES string of the molecule is CNc1ccc([N+](=O)[O-])c(-n2nc(C)nc2C)n1. The Labute approximate surface area is 103 Å². The lowest BCUT2D eigenvalue weighted by Crippen LogP contribution is -2.08. The summed E-state index contributed by atoms with van der Waals surface area (Å²) in [5.74, 6) is 1.78. The zero-order valence-corrected chi connectivity index (χ0v) is 10.2. The van der Waals surface area contributed by atoms with E-state index in [1.165, 1.54) is 10.7 Å². The van der Waals surface area contributed by atoms with Crippen LogP contribution >= 0.6 is 0 Å². The van der Waals surface area contributed by atoms with E-state index in [9.17, 15) is 10.1 Å². The van der Waals surface area contributed by atoms with E-state index in [4.69, 9.17) is 0 Å². The number of nitrogens with zero attached hydrogens (tertiary/aromatic N) is 5. The summed E-state index contributed by atoms with van der Waals surface area (Å²) in [7, 11) is 1.69. The molecule has 0 saturated heterocycles. The Balaban J connectivity index is 2.67. The third kappa shape index (κ3) is 1.99. The fourth-order valence-electron chi connectivity index (χ4n) is 1.60. The molecule has 0 aromatic carbocycles. The van der Waals surface area contributed by atoms with Crippen molar-refractivity contribution in [3.8, 4) is 5.82 Å². The van der Waals surface area contributed by atoms with Crippen LogP contribution in [0.3, 0.4) is 0 Å². The number of aromatic nitrogens is 4. The van der Waals surface area contributed by atoms with E-state index in [0.29, 0.717) is 17.5 Å². The molecule has 0 aliphatic heterocycles. The number of nitro groups is 1. The van der Waals surface area contributed by atoms with Crippen LogP contribution in [0.25, 0.3) is 5.82 Å². The molecule has 2 aromatic heterocycles. The molecule has 8 nitrogen and oxygen atoms in total. The molecule has 0 unspecified atom stereocenters. The van der Waals surface area contributed by atoms with E-state index in [1.807, 2.05) is 0 Å². The molecule has 18 heavy (non-hydrogen) atoms. The maximum absolute atomic E-state index is 11.0. The quantitative estimate of drug-likeness (QED) is 0.647. The van der Waals surface area contributed by atoms with Gasteiger partial charge >= 0.3 is 5.69 Å². The van der Waals surface area contributed by atoms with Crippen molar-refractivity contribution in [2.45, 2.75) is 13.8 Å². The molecule has 2 rings (SSSR count). The number of rotatable bonds is 3. The average Bonchev–Trinajstić information content (AvgIpc) is 2.67. The van der Waals surface area contributed by atoms with E-state index in [0.717, 1.165) is 0 Å². The minimum absolute atomic E-state index is 0.109. The van der Waals surface area contributed by atoms with E-state index in [1.54, 1.807) is 27.0 Å². The standard InChI is InChI=1S/C10H12N6O2/c1-6-12-7(2)15(14-6)10-8(16(17)18)4-5-9(11-3)13-10/h4-5H,1-3H3,(H,11,13). The zero-order chi connectivity index (χ0) is 13.3. The maximum atomic E-state index is 11.0. The molecular formula is C10H12N6O2. The highest BCUT2D eigenvalue weighted by molar-refractivity contribution is 5.52. The summed E-state index contributed by atoms with van der Waals surface area (Å²) < 4.78 is 1.37. The highest BCUT2D eigenvalue weighted by Crippen LogP contribution is 2.23. The molecule has 0 radical (unpaired) electrons. The van der Waals surface area contributed by atoms with Crippen LogP contribution in [0.5, 0.6) is 0 Å². The summed E-state index contributed by atoms with van der Waals surface area (Å²) in [4.78, 5) is 18.8. The first kappa shape index (κ1) is 12.0. The van der Waals surface area contributed by atoms with Crippen LogP contribution in [-0.2, 0) is 0 Å². The van der Waals surface area contributed by atoms with Gasteiger partial charge in [-0.15, -0.1) is 5.10 Å². The molecule has 2 aromatic rings. The summed E-state index contributed by atoms with van der Waals surface area (Å²) in [6.07, 6.45) is 0. The summed E-state index contributed by atoms with van der Waals surface area (Å²) in [6, 6.07) is 2.94. The van der Waals surface area contributed by atoms with Crippen LogP contribution in [0.15, 0.2) is 12.1 Å². The molecule has 0 spiro atoms. The van der Waals surface area contributed by atoms with Crippen LogP contribution < -0.4 is 5.32 Å². The Morgan fingerprint density at radius 2 is 2.06 bits per heavy atom. The van der Waals surface area contributed by atoms with Gasteiger partial charge < -0.3 is 5.32 Å². The summed E-state index contributed by atoms with van der Waals surface area (Å²) >= 11 is 0. The molecule has 2 heterocycles. The highest BCUT2D eigenvalue weighted by Gasteiger charge is 2.20. The van der Waals surface area contributed by atoms with Crippen molar-refractivity contribution < 1.29 is 4.92 Å². The first-order valence-corrected chi connectivity index (χ1v) is 5.26. The monoisotopic (exact) mass is 248 g/mol. The first-order chi connectivity index (χ1) is 8.52. The molecular weight excluding hydrogens is 236 g/mol. The van der Waals surface area contributed by atoms with Crippen molar-refractivity contribution in [2.75, 3.05) is 12.4 Å². The van der Waals surface area contributed by atoms with Gasteiger partial charge in [0.2, 0.25) is 5.82 Å². The van der Waals surface area contributed by atoms with E-state index in [2.05, 4.69) is 20.4 Å². The normalized spacial score (nSPS) is 10.4. The molecule has 0 bridgehead atoms. The average molecular weight is 248 g/mol. The molecule has 0 aliphatic carbocycles. The fourth-order valence-corrected chi connectivity index (χ4v) is 1.60. The predicted octanol–water partition coefficient (Wildman–Crippen LogP) is 1.23. The Hall–Kier alpha value is -2.51. The summed E-state index contributed by atoms with van der Waals surface area (Å²) in [6.45, 7) is 3.44. The Bertz CT molecular complexity index is 606. The highest BCUT2D eigenvalue weighted by atomic mass is 16.6. The van der Waals surface area contributed by atoms with Gasteiger partial charge in [0, 0.05) is 13.1 Å². The number of hydrogen-bond acceptors (Lipinski definition) is 6. The number of hydrogen-bond donors (Lipinski definition) is 1. The number of nitrogens with one attached hydrogen (secondary N) is 1. The third-order valence-electron chi connectivity index (χ3n) is 2.38. The van der Waals surface area contributed by atoms with Crippen molar-refractivity contribution in [3.63, 3.8) is 0 Å². The smallest absolute Gasteiger partial charge is 0.313 e. The minimum Gasteiger partial charge on any atom is -0.373 e. The van der Waals surface area contributed by atoms with Crippen molar-refractivity contribution in [3.05, 3.63) is 33.9 Å². The fraction of sp³-hybridized carbons (Fsp3) is 0.300. The van der Waals surface area contributed by atoms with Crippen molar-refractivity contribution in [1.29, 1.82) is 0 Å². The number of pyridine rings is 1. The van der Waals surface area contributed by atoms with Gasteiger partial charge in [0.05, 0.1) is 4.92 Å². The summed E-state index contributed by atoms with van der Waals surface area (Å²) in [5, 5.41) is 17.9. The molecule has 94 valence electrons. The Morgan fingerprint density at radius 1 is 1.33 bits per heavy atom. The zero-order valence-electron chi connectivity index (χ0n) is 10.2. The second kappa shape index (κ2) is 4.40. The van der Waals surface area contributed by atoms with Gasteiger partial charge in [-0.2, -0.15) is 4.68 Å². The predicted molar refractivity (Wildman–Crippen MR) is 64.8 cm³/mol. The first-order valence-electron chi connectivity index (χ1n) is 5.26. The van der Waals surface area contributed by atoms with Crippen molar-refractivity contribution >= 4 is 11.5 Å². The molecule has 0 amide bonds. The Kier molecular flexibility index (Phi) is 2.92. The van der Waals surface area contributed by atoms with Crippen LogP contribution in [-0.4, -0.2) is 31.7 Å². The van der Waals surface area contributed by atoms with Crippen LogP contribution in [0.4, 0.5) is 11.5 Å². The molecule has 0 fully saturated rings. The minimum atomic E-state index is -0.488. The molecule has 0 saturated carbocycles. The second-order valence-electron chi connectivity index (χ2n) is 3.66. The third-order valence-corrected chi connectivity index (χ3v) is 2.38. The lowest BCUT2D eigenvalue weighted by molar-refractivity contribution is -0.384. The molecule has 1 N–H and O–H groups in total. The molecule has 0 atom stereocenters. The summed E-state index contributed by atoms with van der Waals surface area (Å²) in [5.41, 5.74) is -0.109. The van der Waals surface area contributed by atoms with Crippen molar-refractivity contribution in [1.82, 2.24) is 19.7 Å². The van der Waals surface area contributed by atoms with Gasteiger partial charge in [-0.25, -0.2) is 9.97 Å². The van der Waals surface area contributed by atoms with Crippen LogP contribution in [0, 0.1) is 24.0 Å². The number of anilines is 1.